The molecule has 0 fully saturated rings. The molecule has 166 valence electrons. The van der Waals surface area contributed by atoms with Crippen LogP contribution in [0.2, 0.25) is 0 Å². The smallest absolute Gasteiger partial charge is 0.266 e. The van der Waals surface area contributed by atoms with Gasteiger partial charge in [0.15, 0.2) is 11.5 Å². The Balaban J connectivity index is 1.78. The first-order valence-corrected chi connectivity index (χ1v) is 10.6. The highest BCUT2D eigenvalue weighted by Gasteiger charge is 2.18. The molecule has 0 radical (unpaired) electrons. The van der Waals surface area contributed by atoms with E-state index in [9.17, 15) is 4.79 Å². The number of rotatable bonds is 4. The molecule has 0 bridgehead atoms. The molecule has 0 aliphatic carbocycles. The van der Waals surface area contributed by atoms with Crippen molar-refractivity contribution in [2.75, 3.05) is 24.7 Å². The van der Waals surface area contributed by atoms with E-state index < -0.39 is 0 Å². The molecule has 9 heteroatoms. The van der Waals surface area contributed by atoms with Gasteiger partial charge in [-0.15, -0.1) is 0 Å². The Hall–Kier alpha value is -4.27. The number of hydrogen-bond acceptors (Lipinski definition) is 7. The molecule has 0 spiro atoms. The minimum absolute atomic E-state index is 0.102. The molecule has 2 N–H and O–H groups in total. The molecular weight excluding hydrogens is 416 g/mol. The molecule has 0 aliphatic heterocycles. The van der Waals surface area contributed by atoms with E-state index in [4.69, 9.17) is 10.7 Å². The molecule has 9 nitrogen and oxygen atoms in total. The van der Waals surface area contributed by atoms with Gasteiger partial charge in [-0.3, -0.25) is 9.36 Å². The van der Waals surface area contributed by atoms with Crippen molar-refractivity contribution in [1.82, 2.24) is 29.1 Å². The van der Waals surface area contributed by atoms with Gasteiger partial charge in [-0.2, -0.15) is 9.97 Å². The average molecular weight is 441 g/mol. The third-order valence-corrected chi connectivity index (χ3v) is 5.72. The van der Waals surface area contributed by atoms with Crippen LogP contribution in [0.4, 0.5) is 11.8 Å². The van der Waals surface area contributed by atoms with Crippen LogP contribution in [-0.2, 0) is 6.54 Å². The topological polar surface area (TPSA) is 108 Å². The van der Waals surface area contributed by atoms with Crippen molar-refractivity contribution < 1.29 is 0 Å². The third-order valence-electron chi connectivity index (χ3n) is 5.72. The number of nitrogens with two attached hydrogens (primary N) is 1. The number of fused-ring (bicyclic) bond motifs is 2. The Morgan fingerprint density at radius 3 is 2.48 bits per heavy atom. The first kappa shape index (κ1) is 20.6. The summed E-state index contributed by atoms with van der Waals surface area (Å²) in [5.74, 6) is 1.37. The van der Waals surface area contributed by atoms with Crippen LogP contribution in [0.3, 0.4) is 0 Å². The van der Waals surface area contributed by atoms with Crippen LogP contribution in [0.25, 0.3) is 27.8 Å². The third kappa shape index (κ3) is 3.38. The number of nitrogen functional groups attached to an aromatic ring is 1. The van der Waals surface area contributed by atoms with Crippen molar-refractivity contribution in [1.29, 1.82) is 0 Å². The van der Waals surface area contributed by atoms with Gasteiger partial charge < -0.3 is 15.2 Å². The van der Waals surface area contributed by atoms with Crippen molar-refractivity contribution in [2.45, 2.75) is 20.4 Å². The summed E-state index contributed by atoms with van der Waals surface area (Å²) in [6, 6.07) is 13.5. The predicted octanol–water partition coefficient (Wildman–Crippen LogP) is 2.84. The van der Waals surface area contributed by atoms with E-state index in [1.165, 1.54) is 0 Å². The molecule has 0 unspecified atom stereocenters. The Kier molecular flexibility index (Phi) is 4.81. The fourth-order valence-corrected chi connectivity index (χ4v) is 4.03. The van der Waals surface area contributed by atoms with Gasteiger partial charge in [-0.05, 0) is 37.1 Å². The van der Waals surface area contributed by atoms with Crippen LogP contribution in [-0.4, -0.2) is 43.2 Å². The number of nitrogens with zero attached hydrogens (tertiary/aromatic N) is 7. The number of aryl methyl sites for hydroxylation is 2. The average Bonchev–Trinajstić information content (AvgIpc) is 3.18. The van der Waals surface area contributed by atoms with Gasteiger partial charge in [0.2, 0.25) is 5.95 Å². The number of hydrogen-bond donors (Lipinski definition) is 1. The van der Waals surface area contributed by atoms with Gasteiger partial charge in [-0.25, -0.2) is 9.97 Å². The second kappa shape index (κ2) is 7.70. The van der Waals surface area contributed by atoms with Gasteiger partial charge in [0, 0.05) is 14.1 Å². The summed E-state index contributed by atoms with van der Waals surface area (Å²) < 4.78 is 3.53. The molecule has 3 aromatic heterocycles. The van der Waals surface area contributed by atoms with E-state index >= 15 is 0 Å². The van der Waals surface area contributed by atoms with Crippen molar-refractivity contribution >= 4 is 33.8 Å². The summed E-state index contributed by atoms with van der Waals surface area (Å²) in [7, 11) is 3.70. The van der Waals surface area contributed by atoms with E-state index in [1.54, 1.807) is 15.8 Å². The minimum Gasteiger partial charge on any atom is -0.382 e. The van der Waals surface area contributed by atoms with Gasteiger partial charge in [0.05, 0.1) is 29.5 Å². The molecule has 0 saturated carbocycles. The second-order valence-corrected chi connectivity index (χ2v) is 8.27. The maximum absolute atomic E-state index is 13.8. The lowest BCUT2D eigenvalue weighted by molar-refractivity contribution is 0.716. The lowest BCUT2D eigenvalue weighted by Gasteiger charge is -2.17. The first-order chi connectivity index (χ1) is 15.8. The minimum atomic E-state index is -0.102. The molecule has 3 heterocycles. The number of benzene rings is 2. The van der Waals surface area contributed by atoms with Crippen molar-refractivity contribution in [3.05, 3.63) is 76.1 Å². The Morgan fingerprint density at radius 1 is 0.970 bits per heavy atom. The number of para-hydroxylation sites is 1. The molecular formula is C24H24N8O. The molecule has 0 aliphatic rings. The van der Waals surface area contributed by atoms with Crippen LogP contribution in [0.1, 0.15) is 17.0 Å². The SMILES string of the molecule is Cc1ccccc1-n1c(Cn2cnc3c(N)nc(N(C)C)nc32)nc2cccc(C)c2c1=O. The van der Waals surface area contributed by atoms with Crippen molar-refractivity contribution in [2.24, 2.45) is 0 Å². The Morgan fingerprint density at radius 2 is 1.73 bits per heavy atom. The fourth-order valence-electron chi connectivity index (χ4n) is 4.03. The molecule has 0 amide bonds. The summed E-state index contributed by atoms with van der Waals surface area (Å²) in [6.45, 7) is 4.20. The van der Waals surface area contributed by atoms with Crippen LogP contribution in [0.15, 0.2) is 53.6 Å². The van der Waals surface area contributed by atoms with E-state index in [1.807, 2.05) is 75.0 Å². The molecule has 33 heavy (non-hydrogen) atoms. The molecule has 5 aromatic rings. The summed E-state index contributed by atoms with van der Waals surface area (Å²) in [4.78, 5) is 33.8. The van der Waals surface area contributed by atoms with Crippen LogP contribution in [0, 0.1) is 13.8 Å². The summed E-state index contributed by atoms with van der Waals surface area (Å²) >= 11 is 0. The van der Waals surface area contributed by atoms with Crippen LogP contribution in [0.5, 0.6) is 0 Å². The second-order valence-electron chi connectivity index (χ2n) is 8.27. The van der Waals surface area contributed by atoms with Crippen molar-refractivity contribution in [3.63, 3.8) is 0 Å². The summed E-state index contributed by atoms with van der Waals surface area (Å²) in [6.07, 6.45) is 1.66. The summed E-state index contributed by atoms with van der Waals surface area (Å²) in [5, 5.41) is 0.612. The highest BCUT2D eigenvalue weighted by Crippen LogP contribution is 2.22. The maximum Gasteiger partial charge on any atom is 0.266 e. The van der Waals surface area contributed by atoms with E-state index in [-0.39, 0.29) is 12.1 Å². The van der Waals surface area contributed by atoms with Gasteiger partial charge in [-0.1, -0.05) is 30.3 Å². The monoisotopic (exact) mass is 440 g/mol. The largest absolute Gasteiger partial charge is 0.382 e. The predicted molar refractivity (Wildman–Crippen MR) is 130 cm³/mol. The quantitative estimate of drug-likeness (QED) is 0.458. The molecule has 0 saturated heterocycles. The summed E-state index contributed by atoms with van der Waals surface area (Å²) in [5.41, 5.74) is 10.5. The highest BCUT2D eigenvalue weighted by atomic mass is 16.1. The van der Waals surface area contributed by atoms with E-state index in [2.05, 4.69) is 15.0 Å². The van der Waals surface area contributed by atoms with Crippen LogP contribution < -0.4 is 16.2 Å². The number of anilines is 2. The Labute approximate surface area is 190 Å². The van der Waals surface area contributed by atoms with Crippen LogP contribution >= 0.6 is 0 Å². The fraction of sp³-hybridized carbons (Fsp3) is 0.208. The number of aromatic nitrogens is 6. The van der Waals surface area contributed by atoms with E-state index in [0.717, 1.165) is 16.8 Å². The molecule has 2 aromatic carbocycles. The number of imidazole rings is 1. The lowest BCUT2D eigenvalue weighted by atomic mass is 10.1. The first-order valence-electron chi connectivity index (χ1n) is 10.6. The lowest BCUT2D eigenvalue weighted by Crippen LogP contribution is -2.26. The normalized spacial score (nSPS) is 11.4. The van der Waals surface area contributed by atoms with Gasteiger partial charge in [0.1, 0.15) is 11.3 Å². The van der Waals surface area contributed by atoms with Crippen molar-refractivity contribution in [3.8, 4) is 5.69 Å². The zero-order valence-corrected chi connectivity index (χ0v) is 18.9. The zero-order chi connectivity index (χ0) is 23.3. The highest BCUT2D eigenvalue weighted by molar-refractivity contribution is 5.83. The molecule has 0 atom stereocenters. The Bertz CT molecular complexity index is 1580. The van der Waals surface area contributed by atoms with E-state index in [0.29, 0.717) is 39.7 Å². The van der Waals surface area contributed by atoms with Gasteiger partial charge >= 0.3 is 0 Å². The molecule has 5 rings (SSSR count). The zero-order valence-electron chi connectivity index (χ0n) is 18.9. The standard InChI is InChI=1S/C24H24N8O/c1-14-8-5-6-11-17(14)32-18(27-16-10-7-9-15(2)19(16)23(32)33)12-31-13-26-20-21(25)28-24(30(3)4)29-22(20)31/h5-11,13H,12H2,1-4H3,(H2,25,28,29). The van der Waals surface area contributed by atoms with Gasteiger partial charge in [0.25, 0.3) is 5.56 Å². The maximum atomic E-state index is 13.8.